The zero-order valence-corrected chi connectivity index (χ0v) is 17.5. The highest BCUT2D eigenvalue weighted by molar-refractivity contribution is 5.74. The van der Waals surface area contributed by atoms with E-state index in [9.17, 15) is 19.4 Å². The van der Waals surface area contributed by atoms with Crippen molar-refractivity contribution >= 4 is 5.97 Å². The van der Waals surface area contributed by atoms with Crippen LogP contribution in [0.2, 0.25) is 0 Å². The molecule has 8 heteroatoms. The topological polar surface area (TPSA) is 102 Å². The Labute approximate surface area is 179 Å². The number of halogens is 1. The maximum atomic E-state index is 14.6. The van der Waals surface area contributed by atoms with Crippen LogP contribution in [0, 0.1) is 5.82 Å². The van der Waals surface area contributed by atoms with Crippen LogP contribution in [0.5, 0.6) is 11.5 Å². The second-order valence-electron chi connectivity index (χ2n) is 7.76. The number of nitrogens with zero attached hydrogens (tertiary/aromatic N) is 1. The Balaban J connectivity index is 2.05. The zero-order valence-electron chi connectivity index (χ0n) is 17.5. The number of carbonyl (C=O) groups is 1. The summed E-state index contributed by atoms with van der Waals surface area (Å²) in [5, 5.41) is 19.2. The van der Waals surface area contributed by atoms with Gasteiger partial charge in [0.25, 0.3) is 0 Å². The summed E-state index contributed by atoms with van der Waals surface area (Å²) < 4.78 is 31.0. The molecule has 1 heterocycles. The fraction of sp³-hybridized carbons (Fsp3) is 0.304. The summed E-state index contributed by atoms with van der Waals surface area (Å²) in [5.74, 6) is -1.22. The van der Waals surface area contributed by atoms with Crippen LogP contribution in [0.25, 0.3) is 11.1 Å². The second-order valence-corrected chi connectivity index (χ2v) is 7.76. The summed E-state index contributed by atoms with van der Waals surface area (Å²) in [6.45, 7) is 3.32. The van der Waals surface area contributed by atoms with Gasteiger partial charge in [0.05, 0.1) is 31.2 Å². The number of aliphatic carboxylic acids is 1. The maximum Gasteiger partial charge on any atom is 0.304 e. The lowest BCUT2D eigenvalue weighted by Gasteiger charge is -2.19. The molecule has 2 N–H and O–H groups in total. The van der Waals surface area contributed by atoms with E-state index in [1.54, 1.807) is 38.1 Å². The molecule has 1 aromatic heterocycles. The molecule has 164 valence electrons. The van der Waals surface area contributed by atoms with E-state index in [1.807, 2.05) is 0 Å². The average Bonchev–Trinajstić information content (AvgIpc) is 3.23. The lowest BCUT2D eigenvalue weighted by atomic mass is 9.92. The van der Waals surface area contributed by atoms with Gasteiger partial charge in [-0.1, -0.05) is 0 Å². The first-order chi connectivity index (χ1) is 14.7. The number of benzene rings is 2. The Morgan fingerprint density at radius 1 is 1.26 bits per heavy atom. The predicted octanol–water partition coefficient (Wildman–Crippen LogP) is 4.25. The van der Waals surface area contributed by atoms with Gasteiger partial charge >= 0.3 is 5.97 Å². The molecular formula is C23H24FNO6. The van der Waals surface area contributed by atoms with Gasteiger partial charge in [-0.3, -0.25) is 4.79 Å². The Bertz CT molecular complexity index is 1040. The van der Waals surface area contributed by atoms with E-state index in [0.29, 0.717) is 28.2 Å². The molecule has 0 radical (unpaired) electrons. The molecule has 3 rings (SSSR count). The minimum Gasteiger partial charge on any atom is -0.496 e. The molecule has 0 spiro atoms. The number of ether oxygens (including phenoxy) is 2. The number of carboxylic acids is 1. The number of carboxylic acid groups (broad SMARTS) is 1. The summed E-state index contributed by atoms with van der Waals surface area (Å²) >= 11 is 0. The molecule has 0 amide bonds. The van der Waals surface area contributed by atoms with E-state index in [0.717, 1.165) is 0 Å². The first-order valence-corrected chi connectivity index (χ1v) is 9.61. The summed E-state index contributed by atoms with van der Waals surface area (Å²) in [6, 6.07) is 9.33. The molecule has 0 aliphatic carbocycles. The minimum absolute atomic E-state index is 0.0675. The van der Waals surface area contributed by atoms with Crippen LogP contribution in [0.3, 0.4) is 0 Å². The van der Waals surface area contributed by atoms with Gasteiger partial charge in [0.15, 0.2) is 0 Å². The van der Waals surface area contributed by atoms with Crippen molar-refractivity contribution in [3.8, 4) is 22.6 Å². The molecule has 7 nitrogen and oxygen atoms in total. The molecule has 3 aromatic rings. The monoisotopic (exact) mass is 429 g/mol. The summed E-state index contributed by atoms with van der Waals surface area (Å²) in [4.78, 5) is 15.4. The molecule has 0 bridgehead atoms. The number of aromatic nitrogens is 1. The molecule has 0 aliphatic heterocycles. The molecule has 31 heavy (non-hydrogen) atoms. The van der Waals surface area contributed by atoms with Crippen molar-refractivity contribution in [3.63, 3.8) is 0 Å². The number of oxazole rings is 1. The standard InChI is InChI=1S/C23H24FNO6/c1-23(2,28)13-31-17-4-5-20(29-3)18(11-17)14-8-15(10-16(24)9-14)19(12-21(26)27)22-25-6-7-30-22/h4-11,19,28H,12-13H2,1-3H3,(H,26,27). The Morgan fingerprint density at radius 3 is 2.65 bits per heavy atom. The van der Waals surface area contributed by atoms with Gasteiger partial charge in [-0.25, -0.2) is 9.37 Å². The molecule has 0 saturated carbocycles. The smallest absolute Gasteiger partial charge is 0.304 e. The van der Waals surface area contributed by atoms with E-state index in [2.05, 4.69) is 4.98 Å². The highest BCUT2D eigenvalue weighted by Gasteiger charge is 2.24. The van der Waals surface area contributed by atoms with Crippen molar-refractivity contribution in [3.05, 3.63) is 66.1 Å². The van der Waals surface area contributed by atoms with Crippen molar-refractivity contribution < 1.29 is 33.3 Å². The molecule has 0 fully saturated rings. The van der Waals surface area contributed by atoms with Crippen molar-refractivity contribution in [1.29, 1.82) is 0 Å². The molecule has 2 aromatic carbocycles. The molecule has 0 saturated heterocycles. The van der Waals surface area contributed by atoms with Crippen LogP contribution < -0.4 is 9.47 Å². The molecular weight excluding hydrogens is 405 g/mol. The number of hydrogen-bond donors (Lipinski definition) is 2. The van der Waals surface area contributed by atoms with Crippen LogP contribution >= 0.6 is 0 Å². The highest BCUT2D eigenvalue weighted by Crippen LogP contribution is 2.37. The van der Waals surface area contributed by atoms with Gasteiger partial charge in [-0.2, -0.15) is 0 Å². The van der Waals surface area contributed by atoms with Crippen molar-refractivity contribution in [1.82, 2.24) is 4.98 Å². The van der Waals surface area contributed by atoms with Crippen molar-refractivity contribution in [2.45, 2.75) is 31.8 Å². The van der Waals surface area contributed by atoms with Gasteiger partial charge in [0, 0.05) is 5.56 Å². The van der Waals surface area contributed by atoms with Gasteiger partial charge < -0.3 is 24.1 Å². The van der Waals surface area contributed by atoms with E-state index in [-0.39, 0.29) is 18.9 Å². The first kappa shape index (κ1) is 22.3. The van der Waals surface area contributed by atoms with Crippen LogP contribution in [0.4, 0.5) is 4.39 Å². The van der Waals surface area contributed by atoms with Gasteiger partial charge in [0.1, 0.15) is 30.2 Å². The van der Waals surface area contributed by atoms with Crippen LogP contribution in [0.15, 0.2) is 53.3 Å². The Kier molecular flexibility index (Phi) is 6.60. The van der Waals surface area contributed by atoms with Gasteiger partial charge in [0.2, 0.25) is 5.89 Å². The van der Waals surface area contributed by atoms with E-state index < -0.39 is 23.3 Å². The number of hydrogen-bond acceptors (Lipinski definition) is 6. The van der Waals surface area contributed by atoms with E-state index in [1.165, 1.54) is 31.7 Å². The fourth-order valence-corrected chi connectivity index (χ4v) is 3.16. The first-order valence-electron chi connectivity index (χ1n) is 9.61. The van der Waals surface area contributed by atoms with Crippen LogP contribution in [0.1, 0.15) is 37.6 Å². The van der Waals surface area contributed by atoms with Crippen molar-refractivity contribution in [2.24, 2.45) is 0 Å². The zero-order chi connectivity index (χ0) is 22.6. The number of methoxy groups -OCH3 is 1. The highest BCUT2D eigenvalue weighted by atomic mass is 19.1. The van der Waals surface area contributed by atoms with E-state index >= 15 is 0 Å². The lowest BCUT2D eigenvalue weighted by Crippen LogP contribution is -2.27. The quantitative estimate of drug-likeness (QED) is 0.524. The largest absolute Gasteiger partial charge is 0.496 e. The summed E-state index contributed by atoms with van der Waals surface area (Å²) in [5.41, 5.74) is 0.414. The predicted molar refractivity (Wildman–Crippen MR) is 111 cm³/mol. The second kappa shape index (κ2) is 9.18. The van der Waals surface area contributed by atoms with Gasteiger partial charge in [-0.05, 0) is 61.4 Å². The third-order valence-electron chi connectivity index (χ3n) is 4.52. The van der Waals surface area contributed by atoms with Crippen molar-refractivity contribution in [2.75, 3.05) is 13.7 Å². The molecule has 0 aliphatic rings. The van der Waals surface area contributed by atoms with Crippen LogP contribution in [-0.4, -0.2) is 40.5 Å². The number of aliphatic hydroxyl groups is 1. The SMILES string of the molecule is COc1ccc(OCC(C)(C)O)cc1-c1cc(F)cc(C(CC(=O)O)c2ncco2)c1. The molecule has 1 unspecified atom stereocenters. The molecule has 1 atom stereocenters. The lowest BCUT2D eigenvalue weighted by molar-refractivity contribution is -0.137. The normalized spacial score (nSPS) is 12.4. The van der Waals surface area contributed by atoms with Crippen LogP contribution in [-0.2, 0) is 4.79 Å². The minimum atomic E-state index is -1.06. The Hall–Kier alpha value is -3.39. The summed E-state index contributed by atoms with van der Waals surface area (Å²) in [7, 11) is 1.50. The third-order valence-corrected chi connectivity index (χ3v) is 4.52. The fourth-order valence-electron chi connectivity index (χ4n) is 3.16. The average molecular weight is 429 g/mol. The Morgan fingerprint density at radius 2 is 2.03 bits per heavy atom. The third kappa shape index (κ3) is 5.82. The summed E-state index contributed by atoms with van der Waals surface area (Å²) in [6.07, 6.45) is 2.45. The number of rotatable bonds is 9. The van der Waals surface area contributed by atoms with Gasteiger partial charge in [-0.15, -0.1) is 0 Å². The van der Waals surface area contributed by atoms with E-state index in [4.69, 9.17) is 13.9 Å². The maximum absolute atomic E-state index is 14.6.